The van der Waals surface area contributed by atoms with Crippen molar-refractivity contribution in [1.82, 2.24) is 15.5 Å². The van der Waals surface area contributed by atoms with Crippen LogP contribution in [0.15, 0.2) is 54.6 Å². The van der Waals surface area contributed by atoms with Crippen LogP contribution in [0.3, 0.4) is 0 Å². The van der Waals surface area contributed by atoms with E-state index in [0.29, 0.717) is 5.69 Å². The highest BCUT2D eigenvalue weighted by molar-refractivity contribution is 5.93. The van der Waals surface area contributed by atoms with E-state index in [-0.39, 0.29) is 11.9 Å². The Hall–Kier alpha value is -3.08. The number of nitrogens with one attached hydrogen (secondary N) is 2. The number of aromatic amines is 1. The standard InChI is InChI=1S/C20H19N3O2/c1-25-15-7-4-6-14(11-15)18-12-19(23-22-18)20(24)21-17-10-9-13-5-2-3-8-16(13)17/h2-8,11-12,17H,9-10H2,1H3,(H,21,24)(H,22,23). The second kappa shape index (κ2) is 6.43. The Balaban J connectivity index is 1.51. The molecule has 2 N–H and O–H groups in total. The molecule has 4 rings (SSSR count). The molecule has 1 aromatic heterocycles. The molecule has 2 aromatic carbocycles. The number of ether oxygens (including phenoxy) is 1. The zero-order valence-corrected chi connectivity index (χ0v) is 14.0. The first-order valence-electron chi connectivity index (χ1n) is 8.33. The lowest BCUT2D eigenvalue weighted by atomic mass is 10.1. The van der Waals surface area contributed by atoms with Crippen molar-refractivity contribution in [3.8, 4) is 17.0 Å². The van der Waals surface area contributed by atoms with Crippen molar-refractivity contribution >= 4 is 5.91 Å². The molecule has 1 heterocycles. The van der Waals surface area contributed by atoms with E-state index in [1.54, 1.807) is 13.2 Å². The largest absolute Gasteiger partial charge is 0.497 e. The Morgan fingerprint density at radius 1 is 1.20 bits per heavy atom. The first-order valence-corrected chi connectivity index (χ1v) is 8.33. The lowest BCUT2D eigenvalue weighted by molar-refractivity contribution is 0.0931. The van der Waals surface area contributed by atoms with E-state index in [9.17, 15) is 4.79 Å². The zero-order valence-electron chi connectivity index (χ0n) is 14.0. The topological polar surface area (TPSA) is 67.0 Å². The summed E-state index contributed by atoms with van der Waals surface area (Å²) in [6, 6.07) is 17.7. The second-order valence-electron chi connectivity index (χ2n) is 6.16. The minimum absolute atomic E-state index is 0.0623. The highest BCUT2D eigenvalue weighted by Crippen LogP contribution is 2.31. The summed E-state index contributed by atoms with van der Waals surface area (Å²) in [6.45, 7) is 0. The normalized spacial score (nSPS) is 15.6. The number of hydrogen-bond acceptors (Lipinski definition) is 3. The van der Waals surface area contributed by atoms with Crippen molar-refractivity contribution in [2.45, 2.75) is 18.9 Å². The number of aryl methyl sites for hydroxylation is 1. The van der Waals surface area contributed by atoms with Crippen molar-refractivity contribution in [1.29, 1.82) is 0 Å². The molecule has 3 aromatic rings. The Bertz CT molecular complexity index is 917. The minimum atomic E-state index is -0.136. The van der Waals surface area contributed by atoms with E-state index in [2.05, 4.69) is 27.6 Å². The summed E-state index contributed by atoms with van der Waals surface area (Å²) in [6.07, 6.45) is 1.93. The van der Waals surface area contributed by atoms with Gasteiger partial charge in [0.1, 0.15) is 11.4 Å². The third kappa shape index (κ3) is 3.01. The monoisotopic (exact) mass is 333 g/mol. The van der Waals surface area contributed by atoms with Gasteiger partial charge in [0.05, 0.1) is 18.8 Å². The molecule has 1 unspecified atom stereocenters. The summed E-state index contributed by atoms with van der Waals surface area (Å²) in [5.41, 5.74) is 4.61. The summed E-state index contributed by atoms with van der Waals surface area (Å²) >= 11 is 0. The van der Waals surface area contributed by atoms with Gasteiger partial charge in [0.2, 0.25) is 0 Å². The van der Waals surface area contributed by atoms with E-state index in [0.717, 1.165) is 29.8 Å². The van der Waals surface area contributed by atoms with Gasteiger partial charge in [0.15, 0.2) is 0 Å². The smallest absolute Gasteiger partial charge is 0.269 e. The van der Waals surface area contributed by atoms with Crippen LogP contribution in [-0.4, -0.2) is 23.2 Å². The fourth-order valence-corrected chi connectivity index (χ4v) is 3.31. The van der Waals surface area contributed by atoms with Gasteiger partial charge in [-0.05, 0) is 42.2 Å². The lowest BCUT2D eigenvalue weighted by Crippen LogP contribution is -2.27. The first kappa shape index (κ1) is 15.4. The number of carbonyl (C=O) groups is 1. The minimum Gasteiger partial charge on any atom is -0.497 e. The van der Waals surface area contributed by atoms with Crippen LogP contribution in [0.1, 0.15) is 34.1 Å². The van der Waals surface area contributed by atoms with Gasteiger partial charge in [-0.15, -0.1) is 0 Å². The van der Waals surface area contributed by atoms with Gasteiger partial charge in [0.25, 0.3) is 5.91 Å². The van der Waals surface area contributed by atoms with Crippen molar-refractivity contribution in [2.75, 3.05) is 7.11 Å². The third-order valence-electron chi connectivity index (χ3n) is 4.63. The summed E-state index contributed by atoms with van der Waals surface area (Å²) in [5.74, 6) is 0.623. The molecule has 1 atom stereocenters. The molecule has 0 spiro atoms. The molecule has 0 aliphatic heterocycles. The summed E-state index contributed by atoms with van der Waals surface area (Å²) < 4.78 is 5.24. The number of fused-ring (bicyclic) bond motifs is 1. The van der Waals surface area contributed by atoms with Gasteiger partial charge in [-0.25, -0.2) is 0 Å². The number of methoxy groups -OCH3 is 1. The maximum absolute atomic E-state index is 12.6. The molecule has 5 nitrogen and oxygen atoms in total. The zero-order chi connectivity index (χ0) is 17.2. The fourth-order valence-electron chi connectivity index (χ4n) is 3.31. The predicted molar refractivity (Wildman–Crippen MR) is 95.5 cm³/mol. The Morgan fingerprint density at radius 3 is 2.96 bits per heavy atom. The molecule has 126 valence electrons. The maximum atomic E-state index is 12.6. The highest BCUT2D eigenvalue weighted by atomic mass is 16.5. The van der Waals surface area contributed by atoms with Crippen LogP contribution < -0.4 is 10.1 Å². The van der Waals surface area contributed by atoms with Gasteiger partial charge in [-0.1, -0.05) is 36.4 Å². The van der Waals surface area contributed by atoms with Gasteiger partial charge in [-0.3, -0.25) is 9.89 Å². The number of amides is 1. The van der Waals surface area contributed by atoms with Crippen molar-refractivity contribution in [2.24, 2.45) is 0 Å². The molecular formula is C20H19N3O2. The van der Waals surface area contributed by atoms with Gasteiger partial charge >= 0.3 is 0 Å². The fraction of sp³-hybridized carbons (Fsp3) is 0.200. The number of aromatic nitrogens is 2. The SMILES string of the molecule is COc1cccc(-c2cc(C(=O)NC3CCc4ccccc43)[nH]n2)c1. The van der Waals surface area contributed by atoms with Crippen molar-refractivity contribution in [3.63, 3.8) is 0 Å². The highest BCUT2D eigenvalue weighted by Gasteiger charge is 2.24. The third-order valence-corrected chi connectivity index (χ3v) is 4.63. The van der Waals surface area contributed by atoms with Crippen LogP contribution in [0.4, 0.5) is 0 Å². The quantitative estimate of drug-likeness (QED) is 0.768. The Morgan fingerprint density at radius 2 is 2.08 bits per heavy atom. The van der Waals surface area contributed by atoms with E-state index in [4.69, 9.17) is 4.74 Å². The van der Waals surface area contributed by atoms with Crippen LogP contribution in [0.2, 0.25) is 0 Å². The average molecular weight is 333 g/mol. The lowest BCUT2D eigenvalue weighted by Gasteiger charge is -2.13. The Labute approximate surface area is 146 Å². The molecule has 0 saturated heterocycles. The molecule has 0 bridgehead atoms. The Kier molecular flexibility index (Phi) is 3.98. The maximum Gasteiger partial charge on any atom is 0.269 e. The number of H-pyrrole nitrogens is 1. The average Bonchev–Trinajstić information content (AvgIpc) is 3.30. The molecule has 1 amide bonds. The molecule has 1 aliphatic carbocycles. The van der Waals surface area contributed by atoms with Crippen LogP contribution in [0, 0.1) is 0 Å². The van der Waals surface area contributed by atoms with Crippen LogP contribution in [0.25, 0.3) is 11.3 Å². The van der Waals surface area contributed by atoms with Gasteiger partial charge in [0, 0.05) is 5.56 Å². The number of hydrogen-bond donors (Lipinski definition) is 2. The molecule has 0 radical (unpaired) electrons. The summed E-state index contributed by atoms with van der Waals surface area (Å²) in [4.78, 5) is 12.6. The number of carbonyl (C=O) groups excluding carboxylic acids is 1. The number of rotatable bonds is 4. The van der Waals surface area contributed by atoms with Gasteiger partial charge < -0.3 is 10.1 Å². The van der Waals surface area contributed by atoms with E-state index in [1.165, 1.54) is 11.1 Å². The van der Waals surface area contributed by atoms with Crippen LogP contribution in [-0.2, 0) is 6.42 Å². The van der Waals surface area contributed by atoms with Gasteiger partial charge in [-0.2, -0.15) is 5.10 Å². The second-order valence-corrected chi connectivity index (χ2v) is 6.16. The van der Waals surface area contributed by atoms with E-state index < -0.39 is 0 Å². The van der Waals surface area contributed by atoms with E-state index >= 15 is 0 Å². The molecular weight excluding hydrogens is 314 g/mol. The number of nitrogens with zero attached hydrogens (tertiary/aromatic N) is 1. The molecule has 0 saturated carbocycles. The first-order chi connectivity index (χ1) is 12.2. The number of benzene rings is 2. The summed E-state index contributed by atoms with van der Waals surface area (Å²) in [5, 5.41) is 10.2. The predicted octanol–water partition coefficient (Wildman–Crippen LogP) is 3.50. The van der Waals surface area contributed by atoms with E-state index in [1.807, 2.05) is 36.4 Å². The van der Waals surface area contributed by atoms with Crippen LogP contribution in [0.5, 0.6) is 5.75 Å². The van der Waals surface area contributed by atoms with Crippen molar-refractivity contribution < 1.29 is 9.53 Å². The molecule has 5 heteroatoms. The molecule has 0 fully saturated rings. The summed E-state index contributed by atoms with van der Waals surface area (Å²) in [7, 11) is 1.63. The van der Waals surface area contributed by atoms with Crippen molar-refractivity contribution in [3.05, 3.63) is 71.4 Å². The molecule has 1 aliphatic rings. The van der Waals surface area contributed by atoms with Crippen LogP contribution >= 0.6 is 0 Å². The molecule has 25 heavy (non-hydrogen) atoms.